The van der Waals surface area contributed by atoms with E-state index in [-0.39, 0.29) is 11.6 Å². The first-order valence-corrected chi connectivity index (χ1v) is 7.03. The van der Waals surface area contributed by atoms with Gasteiger partial charge in [-0.2, -0.15) is 4.98 Å². The van der Waals surface area contributed by atoms with Crippen molar-refractivity contribution in [3.05, 3.63) is 5.82 Å². The van der Waals surface area contributed by atoms with E-state index in [4.69, 9.17) is 9.26 Å². The van der Waals surface area contributed by atoms with E-state index in [1.807, 2.05) is 13.8 Å². The predicted molar refractivity (Wildman–Crippen MR) is 74.0 cm³/mol. The molecule has 0 spiro atoms. The number of hydrogen-bond donors (Lipinski definition) is 1. The molecule has 1 heterocycles. The summed E-state index contributed by atoms with van der Waals surface area (Å²) in [5, 5.41) is 7.24. The highest BCUT2D eigenvalue weighted by Gasteiger charge is 2.43. The third kappa shape index (κ3) is 3.08. The molecule has 2 rings (SSSR count). The van der Waals surface area contributed by atoms with Crippen LogP contribution in [0.1, 0.15) is 59.2 Å². The minimum atomic E-state index is -0.379. The molecule has 1 N–H and O–H groups in total. The summed E-state index contributed by atoms with van der Waals surface area (Å²) >= 11 is 0. The van der Waals surface area contributed by atoms with Gasteiger partial charge in [-0.05, 0) is 44.9 Å². The minimum absolute atomic E-state index is 0.275. The maximum absolute atomic E-state index is 5.76. The topological polar surface area (TPSA) is 60.2 Å². The van der Waals surface area contributed by atoms with Gasteiger partial charge in [0.05, 0.1) is 0 Å². The fraction of sp³-hybridized carbons (Fsp3) is 0.857. The summed E-state index contributed by atoms with van der Waals surface area (Å²) in [6.45, 7) is 8.68. The first-order valence-electron chi connectivity index (χ1n) is 7.03. The van der Waals surface area contributed by atoms with E-state index in [1.54, 1.807) is 7.11 Å². The summed E-state index contributed by atoms with van der Waals surface area (Å²) in [6.07, 6.45) is 4.11. The normalized spacial score (nSPS) is 21.6. The van der Waals surface area contributed by atoms with Crippen LogP contribution in [0.2, 0.25) is 0 Å². The van der Waals surface area contributed by atoms with Gasteiger partial charge in [-0.25, -0.2) is 0 Å². The molecular weight excluding hydrogens is 242 g/mol. The molecule has 108 valence electrons. The van der Waals surface area contributed by atoms with Gasteiger partial charge in [0.15, 0.2) is 0 Å². The number of nitrogens with zero attached hydrogens (tertiary/aromatic N) is 2. The van der Waals surface area contributed by atoms with E-state index < -0.39 is 0 Å². The van der Waals surface area contributed by atoms with Crippen molar-refractivity contribution in [2.45, 2.75) is 65.0 Å². The molecule has 5 nitrogen and oxygen atoms in total. The van der Waals surface area contributed by atoms with Crippen LogP contribution in [0.3, 0.4) is 0 Å². The molecule has 1 aliphatic carbocycles. The summed E-state index contributed by atoms with van der Waals surface area (Å²) in [4.78, 5) is 4.45. The predicted octanol–water partition coefficient (Wildman–Crippen LogP) is 3.33. The lowest BCUT2D eigenvalue weighted by atomic mass is 9.70. The van der Waals surface area contributed by atoms with Crippen LogP contribution >= 0.6 is 0 Å². The standard InChI is InChI=1S/C14H25N3O2/c1-10(2)15-12-16-11(17-19-12)14(18-5)8-6-13(3,4)7-9-14/h10H,6-9H2,1-5H3,(H,15,16,17). The van der Waals surface area contributed by atoms with Crippen molar-refractivity contribution in [3.8, 4) is 0 Å². The van der Waals surface area contributed by atoms with Crippen LogP contribution in [0.4, 0.5) is 6.01 Å². The van der Waals surface area contributed by atoms with Gasteiger partial charge in [0.25, 0.3) is 0 Å². The number of aromatic nitrogens is 2. The van der Waals surface area contributed by atoms with Crippen LogP contribution < -0.4 is 5.32 Å². The maximum Gasteiger partial charge on any atom is 0.321 e. The molecule has 1 aromatic rings. The third-order valence-electron chi connectivity index (χ3n) is 4.05. The van der Waals surface area contributed by atoms with E-state index >= 15 is 0 Å². The average Bonchev–Trinajstić information content (AvgIpc) is 2.78. The monoisotopic (exact) mass is 267 g/mol. The smallest absolute Gasteiger partial charge is 0.321 e. The number of ether oxygens (including phenoxy) is 1. The summed E-state index contributed by atoms with van der Waals surface area (Å²) in [6, 6.07) is 0.753. The fourth-order valence-corrected chi connectivity index (χ4v) is 2.56. The summed E-state index contributed by atoms with van der Waals surface area (Å²) in [5.74, 6) is 0.675. The Morgan fingerprint density at radius 3 is 2.37 bits per heavy atom. The van der Waals surface area contributed by atoms with Gasteiger partial charge in [-0.15, -0.1) is 0 Å². The molecule has 5 heteroatoms. The maximum atomic E-state index is 5.76. The van der Waals surface area contributed by atoms with Gasteiger partial charge >= 0.3 is 6.01 Å². The van der Waals surface area contributed by atoms with E-state index in [2.05, 4.69) is 29.3 Å². The van der Waals surface area contributed by atoms with Crippen molar-refractivity contribution in [3.63, 3.8) is 0 Å². The zero-order chi connectivity index (χ0) is 14.1. The van der Waals surface area contributed by atoms with Crippen LogP contribution in [0.5, 0.6) is 0 Å². The molecule has 19 heavy (non-hydrogen) atoms. The van der Waals surface area contributed by atoms with Crippen molar-refractivity contribution in [2.24, 2.45) is 5.41 Å². The number of anilines is 1. The quantitative estimate of drug-likeness (QED) is 0.906. The molecule has 0 saturated heterocycles. The van der Waals surface area contributed by atoms with Gasteiger partial charge in [-0.3, -0.25) is 0 Å². The number of hydrogen-bond acceptors (Lipinski definition) is 5. The van der Waals surface area contributed by atoms with Crippen molar-refractivity contribution in [1.29, 1.82) is 0 Å². The van der Waals surface area contributed by atoms with E-state index in [9.17, 15) is 0 Å². The molecule has 1 saturated carbocycles. The second kappa shape index (κ2) is 5.12. The molecule has 0 aliphatic heterocycles. The average molecular weight is 267 g/mol. The van der Waals surface area contributed by atoms with Crippen molar-refractivity contribution < 1.29 is 9.26 Å². The summed E-state index contributed by atoms with van der Waals surface area (Å²) in [7, 11) is 1.74. The molecule has 1 aliphatic rings. The highest BCUT2D eigenvalue weighted by atomic mass is 16.5. The highest BCUT2D eigenvalue weighted by Crippen LogP contribution is 2.46. The Morgan fingerprint density at radius 2 is 1.84 bits per heavy atom. The van der Waals surface area contributed by atoms with Crippen LogP contribution in [-0.4, -0.2) is 23.3 Å². The summed E-state index contributed by atoms with van der Waals surface area (Å²) in [5.41, 5.74) is 0.000702. The summed E-state index contributed by atoms with van der Waals surface area (Å²) < 4.78 is 11.0. The van der Waals surface area contributed by atoms with E-state index in [0.29, 0.717) is 17.3 Å². The molecule has 0 atom stereocenters. The Bertz CT molecular complexity index is 416. The molecule has 0 unspecified atom stereocenters. The Morgan fingerprint density at radius 1 is 1.21 bits per heavy atom. The van der Waals surface area contributed by atoms with Gasteiger partial charge in [0, 0.05) is 13.2 Å². The zero-order valence-corrected chi connectivity index (χ0v) is 12.6. The SMILES string of the molecule is COC1(c2noc(NC(C)C)n2)CCC(C)(C)CC1. The van der Waals surface area contributed by atoms with Crippen molar-refractivity contribution in [1.82, 2.24) is 10.1 Å². The molecule has 1 aromatic heterocycles. The van der Waals surface area contributed by atoms with Crippen molar-refractivity contribution in [2.75, 3.05) is 12.4 Å². The van der Waals surface area contributed by atoms with Crippen molar-refractivity contribution >= 4 is 6.01 Å². The van der Waals surface area contributed by atoms with Gasteiger partial charge < -0.3 is 14.6 Å². The second-order valence-corrected chi connectivity index (χ2v) is 6.58. The Labute approximate surface area is 115 Å². The molecule has 0 radical (unpaired) electrons. The lowest BCUT2D eigenvalue weighted by molar-refractivity contribution is -0.0740. The molecule has 1 fully saturated rings. The molecule has 0 bridgehead atoms. The van der Waals surface area contributed by atoms with Gasteiger partial charge in [0.2, 0.25) is 5.82 Å². The van der Waals surface area contributed by atoms with Gasteiger partial charge in [0.1, 0.15) is 5.60 Å². The first kappa shape index (κ1) is 14.3. The lowest BCUT2D eigenvalue weighted by Gasteiger charge is -2.40. The zero-order valence-electron chi connectivity index (χ0n) is 12.6. The Hall–Kier alpha value is -1.10. The Kier molecular flexibility index (Phi) is 3.85. The lowest BCUT2D eigenvalue weighted by Crippen LogP contribution is -2.37. The first-order chi connectivity index (χ1) is 8.87. The number of nitrogens with one attached hydrogen (secondary N) is 1. The number of rotatable bonds is 4. The number of methoxy groups -OCH3 is 1. The van der Waals surface area contributed by atoms with Gasteiger partial charge in [-0.1, -0.05) is 19.0 Å². The van der Waals surface area contributed by atoms with Crippen LogP contribution in [-0.2, 0) is 10.3 Å². The van der Waals surface area contributed by atoms with E-state index in [0.717, 1.165) is 25.7 Å². The molecule has 0 aromatic carbocycles. The molecular formula is C14H25N3O2. The van der Waals surface area contributed by atoms with Crippen LogP contribution in [0.25, 0.3) is 0 Å². The van der Waals surface area contributed by atoms with Crippen LogP contribution in [0, 0.1) is 5.41 Å². The second-order valence-electron chi connectivity index (χ2n) is 6.58. The largest absolute Gasteiger partial charge is 0.370 e. The molecule has 0 amide bonds. The van der Waals surface area contributed by atoms with Crippen LogP contribution in [0.15, 0.2) is 4.52 Å². The highest BCUT2D eigenvalue weighted by molar-refractivity contribution is 5.21. The van der Waals surface area contributed by atoms with E-state index in [1.165, 1.54) is 0 Å². The minimum Gasteiger partial charge on any atom is -0.370 e. The Balaban J connectivity index is 2.16. The fourth-order valence-electron chi connectivity index (χ4n) is 2.56. The third-order valence-corrected chi connectivity index (χ3v) is 4.05.